The van der Waals surface area contributed by atoms with Crippen molar-refractivity contribution in [3.8, 4) is 5.75 Å². The highest BCUT2D eigenvalue weighted by Gasteiger charge is 2.28. The van der Waals surface area contributed by atoms with Crippen molar-refractivity contribution in [1.29, 1.82) is 0 Å². The zero-order valence-corrected chi connectivity index (χ0v) is 10.3. The molecular formula is C14H20O3. The van der Waals surface area contributed by atoms with Gasteiger partial charge in [-0.2, -0.15) is 0 Å². The summed E-state index contributed by atoms with van der Waals surface area (Å²) in [5.74, 6) is 1.12. The van der Waals surface area contributed by atoms with E-state index in [1.165, 1.54) is 0 Å². The molecule has 0 spiro atoms. The van der Waals surface area contributed by atoms with Crippen LogP contribution in [0.1, 0.15) is 30.7 Å². The smallest absolute Gasteiger partial charge is 0.122 e. The van der Waals surface area contributed by atoms with Crippen LogP contribution in [-0.4, -0.2) is 31.5 Å². The van der Waals surface area contributed by atoms with Crippen molar-refractivity contribution >= 4 is 0 Å². The fourth-order valence-electron chi connectivity index (χ4n) is 2.46. The van der Waals surface area contributed by atoms with E-state index in [9.17, 15) is 5.11 Å². The van der Waals surface area contributed by atoms with Gasteiger partial charge in [0.1, 0.15) is 12.4 Å². The van der Waals surface area contributed by atoms with Crippen molar-refractivity contribution in [2.24, 2.45) is 0 Å². The van der Waals surface area contributed by atoms with Crippen LogP contribution < -0.4 is 4.74 Å². The molecule has 1 N–H and O–H groups in total. The van der Waals surface area contributed by atoms with Crippen molar-refractivity contribution in [3.63, 3.8) is 0 Å². The van der Waals surface area contributed by atoms with E-state index in [-0.39, 0.29) is 12.0 Å². The lowest BCUT2D eigenvalue weighted by molar-refractivity contribution is 0.141. The number of hydrogen-bond donors (Lipinski definition) is 1. The molecule has 1 fully saturated rings. The molecule has 2 rings (SSSR count). The lowest BCUT2D eigenvalue weighted by Crippen LogP contribution is -2.13. The average molecular weight is 236 g/mol. The molecule has 0 heterocycles. The summed E-state index contributed by atoms with van der Waals surface area (Å²) in [6.07, 6.45) is 2.82. The molecule has 0 saturated heterocycles. The predicted octanol–water partition coefficient (Wildman–Crippen LogP) is 2.34. The van der Waals surface area contributed by atoms with E-state index in [1.807, 2.05) is 18.2 Å². The minimum atomic E-state index is -0.220. The van der Waals surface area contributed by atoms with E-state index >= 15 is 0 Å². The molecule has 17 heavy (non-hydrogen) atoms. The first-order valence-corrected chi connectivity index (χ1v) is 6.21. The Kier molecular flexibility index (Phi) is 4.40. The van der Waals surface area contributed by atoms with Crippen LogP contribution in [0, 0.1) is 0 Å². The average Bonchev–Trinajstić information content (AvgIpc) is 2.76. The summed E-state index contributed by atoms with van der Waals surface area (Å²) in [6, 6.07) is 7.99. The van der Waals surface area contributed by atoms with E-state index in [0.717, 1.165) is 30.6 Å². The summed E-state index contributed by atoms with van der Waals surface area (Å²) >= 11 is 0. The number of aliphatic hydroxyl groups is 1. The van der Waals surface area contributed by atoms with Gasteiger partial charge in [0.05, 0.1) is 12.7 Å². The highest BCUT2D eigenvalue weighted by Crippen LogP contribution is 2.38. The first kappa shape index (κ1) is 12.4. The molecular weight excluding hydrogens is 216 g/mol. The van der Waals surface area contributed by atoms with Gasteiger partial charge in [-0.05, 0) is 24.5 Å². The van der Waals surface area contributed by atoms with Crippen LogP contribution in [0.3, 0.4) is 0 Å². The van der Waals surface area contributed by atoms with E-state index in [4.69, 9.17) is 9.47 Å². The molecule has 1 saturated carbocycles. The number of methoxy groups -OCH3 is 1. The Hall–Kier alpha value is -1.06. The zero-order valence-electron chi connectivity index (χ0n) is 10.3. The standard InChI is InChI=1S/C14H20O3/c1-16-9-10-17-14-8-3-2-5-12(14)11-6-4-7-13(11)15/h2-3,5,8,11,13,15H,4,6-7,9-10H2,1H3. The highest BCUT2D eigenvalue weighted by molar-refractivity contribution is 5.37. The monoisotopic (exact) mass is 236 g/mol. The van der Waals surface area contributed by atoms with Crippen LogP contribution in [-0.2, 0) is 4.74 Å². The van der Waals surface area contributed by atoms with Crippen LogP contribution in [0.5, 0.6) is 5.75 Å². The van der Waals surface area contributed by atoms with Gasteiger partial charge in [-0.15, -0.1) is 0 Å². The number of ether oxygens (including phenoxy) is 2. The lowest BCUT2D eigenvalue weighted by Gasteiger charge is -2.18. The molecule has 2 atom stereocenters. The number of hydrogen-bond acceptors (Lipinski definition) is 3. The van der Waals surface area contributed by atoms with Crippen LogP contribution in [0.25, 0.3) is 0 Å². The largest absolute Gasteiger partial charge is 0.491 e. The number of aliphatic hydroxyl groups excluding tert-OH is 1. The first-order chi connectivity index (χ1) is 8.33. The third kappa shape index (κ3) is 2.99. The molecule has 0 aliphatic heterocycles. The summed E-state index contributed by atoms with van der Waals surface area (Å²) in [5.41, 5.74) is 1.13. The Morgan fingerprint density at radius 3 is 2.76 bits per heavy atom. The van der Waals surface area contributed by atoms with Gasteiger partial charge in [-0.3, -0.25) is 0 Å². The summed E-state index contributed by atoms with van der Waals surface area (Å²) in [5, 5.41) is 9.96. The molecule has 0 aromatic heterocycles. The summed E-state index contributed by atoms with van der Waals surface area (Å²) in [7, 11) is 1.66. The van der Waals surface area contributed by atoms with Gasteiger partial charge in [0.25, 0.3) is 0 Å². The molecule has 1 aliphatic rings. The highest BCUT2D eigenvalue weighted by atomic mass is 16.5. The molecule has 3 nitrogen and oxygen atoms in total. The zero-order chi connectivity index (χ0) is 12.1. The van der Waals surface area contributed by atoms with Crippen molar-refractivity contribution in [3.05, 3.63) is 29.8 Å². The Morgan fingerprint density at radius 2 is 2.06 bits per heavy atom. The fraction of sp³-hybridized carbons (Fsp3) is 0.571. The Labute approximate surface area is 102 Å². The van der Waals surface area contributed by atoms with Crippen LogP contribution in [0.15, 0.2) is 24.3 Å². The van der Waals surface area contributed by atoms with E-state index < -0.39 is 0 Å². The van der Waals surface area contributed by atoms with Gasteiger partial charge in [-0.25, -0.2) is 0 Å². The minimum Gasteiger partial charge on any atom is -0.491 e. The molecule has 1 aliphatic carbocycles. The maximum absolute atomic E-state index is 9.96. The molecule has 2 unspecified atom stereocenters. The van der Waals surface area contributed by atoms with E-state index in [1.54, 1.807) is 7.11 Å². The van der Waals surface area contributed by atoms with Gasteiger partial charge in [0.15, 0.2) is 0 Å². The Morgan fingerprint density at radius 1 is 1.24 bits per heavy atom. The molecule has 0 radical (unpaired) electrons. The number of rotatable bonds is 5. The SMILES string of the molecule is COCCOc1ccccc1C1CCCC1O. The van der Waals surface area contributed by atoms with E-state index in [0.29, 0.717) is 13.2 Å². The van der Waals surface area contributed by atoms with Crippen molar-refractivity contribution in [1.82, 2.24) is 0 Å². The first-order valence-electron chi connectivity index (χ1n) is 6.21. The third-order valence-electron chi connectivity index (χ3n) is 3.34. The second-order valence-electron chi connectivity index (χ2n) is 4.48. The van der Waals surface area contributed by atoms with Crippen LogP contribution in [0.4, 0.5) is 0 Å². The van der Waals surface area contributed by atoms with Crippen LogP contribution >= 0.6 is 0 Å². The van der Waals surface area contributed by atoms with Crippen molar-refractivity contribution in [2.75, 3.05) is 20.3 Å². The third-order valence-corrected chi connectivity index (χ3v) is 3.34. The van der Waals surface area contributed by atoms with Crippen molar-refractivity contribution < 1.29 is 14.6 Å². The second-order valence-corrected chi connectivity index (χ2v) is 4.48. The van der Waals surface area contributed by atoms with Gasteiger partial charge >= 0.3 is 0 Å². The van der Waals surface area contributed by atoms with Crippen LogP contribution in [0.2, 0.25) is 0 Å². The predicted molar refractivity (Wildman–Crippen MR) is 66.4 cm³/mol. The molecule has 1 aromatic rings. The number of benzene rings is 1. The molecule has 0 bridgehead atoms. The minimum absolute atomic E-state index is 0.220. The van der Waals surface area contributed by atoms with Gasteiger partial charge < -0.3 is 14.6 Å². The quantitative estimate of drug-likeness (QED) is 0.797. The van der Waals surface area contributed by atoms with Gasteiger partial charge in [-0.1, -0.05) is 24.6 Å². The Bertz CT molecular complexity index is 351. The van der Waals surface area contributed by atoms with E-state index in [2.05, 4.69) is 6.07 Å². The summed E-state index contributed by atoms with van der Waals surface area (Å²) in [4.78, 5) is 0. The van der Waals surface area contributed by atoms with Gasteiger partial charge in [0, 0.05) is 13.0 Å². The summed E-state index contributed by atoms with van der Waals surface area (Å²) < 4.78 is 10.7. The van der Waals surface area contributed by atoms with Gasteiger partial charge in [0.2, 0.25) is 0 Å². The lowest BCUT2D eigenvalue weighted by atomic mass is 9.95. The number of para-hydroxylation sites is 1. The maximum atomic E-state index is 9.96. The second kappa shape index (κ2) is 6.03. The molecule has 0 amide bonds. The Balaban J connectivity index is 2.09. The molecule has 3 heteroatoms. The van der Waals surface area contributed by atoms with Crippen molar-refractivity contribution in [2.45, 2.75) is 31.3 Å². The fourth-order valence-corrected chi connectivity index (χ4v) is 2.46. The molecule has 94 valence electrons. The normalized spacial score (nSPS) is 23.9. The summed E-state index contributed by atoms with van der Waals surface area (Å²) in [6.45, 7) is 1.14. The topological polar surface area (TPSA) is 38.7 Å². The maximum Gasteiger partial charge on any atom is 0.122 e. The molecule has 1 aromatic carbocycles.